The maximum Gasteiger partial charge on any atom is 0.242 e. The highest BCUT2D eigenvalue weighted by molar-refractivity contribution is 5.66. The summed E-state index contributed by atoms with van der Waals surface area (Å²) in [6, 6.07) is 0. The fraction of sp³-hybridized carbons (Fsp3) is 0.500. The molecule has 0 bridgehead atoms. The van der Waals surface area contributed by atoms with Gasteiger partial charge in [-0.05, 0) is 12.8 Å². The maximum absolute atomic E-state index is 6.01. The number of rotatable bonds is 8. The number of methoxy groups -OCH3 is 1. The molecular weight excluding hydrogens is 268 g/mol. The van der Waals surface area contributed by atoms with Gasteiger partial charge in [0, 0.05) is 31.9 Å². The van der Waals surface area contributed by atoms with Gasteiger partial charge in [0.25, 0.3) is 0 Å². The molecule has 0 saturated heterocycles. The highest BCUT2D eigenvalue weighted by Gasteiger charge is 2.11. The van der Waals surface area contributed by atoms with Crippen molar-refractivity contribution in [2.45, 2.75) is 32.7 Å². The molecule has 21 heavy (non-hydrogen) atoms. The van der Waals surface area contributed by atoms with E-state index in [2.05, 4.69) is 27.2 Å². The number of hydrogen-bond donors (Lipinski definition) is 2. The van der Waals surface area contributed by atoms with Crippen molar-refractivity contribution < 1.29 is 4.74 Å². The van der Waals surface area contributed by atoms with E-state index >= 15 is 0 Å². The Balaban J connectivity index is 1.96. The van der Waals surface area contributed by atoms with E-state index in [4.69, 9.17) is 10.5 Å². The van der Waals surface area contributed by atoms with E-state index < -0.39 is 0 Å². The Hall–Kier alpha value is -2.31. The summed E-state index contributed by atoms with van der Waals surface area (Å²) in [5.41, 5.74) is 6.47. The Morgan fingerprint density at radius 3 is 2.90 bits per heavy atom. The second-order valence-corrected chi connectivity index (χ2v) is 4.74. The first-order valence-corrected chi connectivity index (χ1v) is 7.14. The normalized spacial score (nSPS) is 10.6. The van der Waals surface area contributed by atoms with Crippen LogP contribution in [0.3, 0.4) is 0 Å². The molecule has 114 valence electrons. The van der Waals surface area contributed by atoms with E-state index in [0.29, 0.717) is 17.4 Å². The van der Waals surface area contributed by atoms with E-state index in [1.165, 1.54) is 0 Å². The van der Waals surface area contributed by atoms with Gasteiger partial charge in [-0.15, -0.1) is 0 Å². The molecule has 0 amide bonds. The van der Waals surface area contributed by atoms with Crippen LogP contribution in [0, 0.1) is 0 Å². The quantitative estimate of drug-likeness (QED) is 0.719. The van der Waals surface area contributed by atoms with Gasteiger partial charge >= 0.3 is 0 Å². The van der Waals surface area contributed by atoms with Gasteiger partial charge in [-0.3, -0.25) is 0 Å². The molecule has 0 aromatic carbocycles. The van der Waals surface area contributed by atoms with Crippen LogP contribution in [0.1, 0.15) is 25.6 Å². The van der Waals surface area contributed by atoms with Crippen molar-refractivity contribution >= 4 is 11.5 Å². The third-order valence-electron chi connectivity index (χ3n) is 3.07. The van der Waals surface area contributed by atoms with Gasteiger partial charge in [-0.1, -0.05) is 6.92 Å². The lowest BCUT2D eigenvalue weighted by molar-refractivity contribution is 0.397. The number of ether oxygens (including phenoxy) is 1. The van der Waals surface area contributed by atoms with Crippen LogP contribution in [-0.2, 0) is 13.0 Å². The number of nitrogen functional groups attached to an aromatic ring is 1. The van der Waals surface area contributed by atoms with Crippen LogP contribution in [-0.4, -0.2) is 33.2 Å². The molecule has 3 N–H and O–H groups in total. The third kappa shape index (κ3) is 4.08. The predicted molar refractivity (Wildman–Crippen MR) is 82.3 cm³/mol. The van der Waals surface area contributed by atoms with Gasteiger partial charge in [0.1, 0.15) is 11.5 Å². The van der Waals surface area contributed by atoms with E-state index in [1.807, 2.05) is 10.8 Å². The highest BCUT2D eigenvalue weighted by atomic mass is 16.5. The van der Waals surface area contributed by atoms with Crippen LogP contribution in [0.5, 0.6) is 5.88 Å². The molecule has 0 saturated carbocycles. The molecule has 0 spiro atoms. The summed E-state index contributed by atoms with van der Waals surface area (Å²) in [4.78, 5) is 12.8. The first-order valence-electron chi connectivity index (χ1n) is 7.14. The maximum atomic E-state index is 6.01. The summed E-state index contributed by atoms with van der Waals surface area (Å²) in [5.74, 6) is 1.84. The van der Waals surface area contributed by atoms with Crippen molar-refractivity contribution in [1.82, 2.24) is 19.5 Å². The minimum Gasteiger partial charge on any atom is -0.479 e. The van der Waals surface area contributed by atoms with Gasteiger partial charge < -0.3 is 20.4 Å². The minimum absolute atomic E-state index is 0.436. The molecule has 7 nitrogen and oxygen atoms in total. The number of hydrogen-bond acceptors (Lipinski definition) is 6. The minimum atomic E-state index is 0.436. The first kappa shape index (κ1) is 15.1. The monoisotopic (exact) mass is 290 g/mol. The first-order chi connectivity index (χ1) is 10.2. The van der Waals surface area contributed by atoms with E-state index in [9.17, 15) is 0 Å². The average molecular weight is 290 g/mol. The SMILES string of the molecule is CCCc1nc(NCCCn2ccnc2)c(N)c(OC)n1. The van der Waals surface area contributed by atoms with E-state index in [1.54, 1.807) is 19.6 Å². The number of aryl methyl sites for hydroxylation is 2. The molecule has 0 aliphatic carbocycles. The smallest absolute Gasteiger partial charge is 0.242 e. The summed E-state index contributed by atoms with van der Waals surface area (Å²) >= 11 is 0. The van der Waals surface area contributed by atoms with E-state index in [0.717, 1.165) is 38.2 Å². The van der Waals surface area contributed by atoms with Gasteiger partial charge in [-0.2, -0.15) is 4.98 Å². The Morgan fingerprint density at radius 2 is 2.24 bits per heavy atom. The largest absolute Gasteiger partial charge is 0.479 e. The number of anilines is 2. The molecule has 2 heterocycles. The fourth-order valence-electron chi connectivity index (χ4n) is 2.01. The summed E-state index contributed by atoms with van der Waals surface area (Å²) in [7, 11) is 1.57. The molecule has 0 atom stereocenters. The van der Waals surface area contributed by atoms with Crippen molar-refractivity contribution in [2.75, 3.05) is 24.7 Å². The number of aromatic nitrogens is 4. The zero-order valence-corrected chi connectivity index (χ0v) is 12.5. The molecule has 0 radical (unpaired) electrons. The van der Waals surface area contributed by atoms with Crippen LogP contribution in [0.2, 0.25) is 0 Å². The lowest BCUT2D eigenvalue weighted by atomic mass is 10.3. The molecule has 2 aromatic heterocycles. The van der Waals surface area contributed by atoms with Crippen molar-refractivity contribution in [3.8, 4) is 5.88 Å². The predicted octanol–water partition coefficient (Wildman–Crippen LogP) is 1.72. The number of nitrogens with one attached hydrogen (secondary N) is 1. The Bertz CT molecular complexity index is 555. The highest BCUT2D eigenvalue weighted by Crippen LogP contribution is 2.25. The van der Waals surface area contributed by atoms with Crippen LogP contribution in [0.25, 0.3) is 0 Å². The molecular formula is C14H22N6O. The summed E-state index contributed by atoms with van der Waals surface area (Å²) in [5, 5.41) is 3.26. The topological polar surface area (TPSA) is 90.9 Å². The van der Waals surface area contributed by atoms with Gasteiger partial charge in [-0.25, -0.2) is 9.97 Å². The zero-order chi connectivity index (χ0) is 15.1. The molecule has 0 unspecified atom stereocenters. The van der Waals surface area contributed by atoms with Crippen LogP contribution < -0.4 is 15.8 Å². The summed E-state index contributed by atoms with van der Waals surface area (Å²) in [6.07, 6.45) is 8.26. The Morgan fingerprint density at radius 1 is 1.38 bits per heavy atom. The molecule has 0 fully saturated rings. The van der Waals surface area contributed by atoms with Gasteiger partial charge in [0.05, 0.1) is 13.4 Å². The third-order valence-corrected chi connectivity index (χ3v) is 3.07. The van der Waals surface area contributed by atoms with Crippen LogP contribution >= 0.6 is 0 Å². The van der Waals surface area contributed by atoms with Gasteiger partial charge in [0.2, 0.25) is 5.88 Å². The number of nitrogens with zero attached hydrogens (tertiary/aromatic N) is 4. The summed E-state index contributed by atoms with van der Waals surface area (Å²) < 4.78 is 7.25. The molecule has 2 aromatic rings. The van der Waals surface area contributed by atoms with Crippen molar-refractivity contribution in [3.63, 3.8) is 0 Å². The molecule has 0 aliphatic rings. The van der Waals surface area contributed by atoms with Crippen molar-refractivity contribution in [2.24, 2.45) is 0 Å². The number of imidazole rings is 1. The van der Waals surface area contributed by atoms with Crippen molar-refractivity contribution in [3.05, 3.63) is 24.5 Å². The van der Waals surface area contributed by atoms with Crippen LogP contribution in [0.4, 0.5) is 11.5 Å². The van der Waals surface area contributed by atoms with E-state index in [-0.39, 0.29) is 0 Å². The standard InChI is InChI=1S/C14H22N6O/c1-3-5-11-18-13(12(15)14(19-11)21-2)17-6-4-8-20-9-7-16-10-20/h7,9-10H,3-6,8,15H2,1-2H3,(H,17,18,19). The second-order valence-electron chi connectivity index (χ2n) is 4.74. The van der Waals surface area contributed by atoms with Crippen LogP contribution in [0.15, 0.2) is 18.7 Å². The lowest BCUT2D eigenvalue weighted by Crippen LogP contribution is -2.12. The Labute approximate surface area is 124 Å². The number of nitrogens with two attached hydrogens (primary N) is 1. The van der Waals surface area contributed by atoms with Crippen molar-refractivity contribution in [1.29, 1.82) is 0 Å². The lowest BCUT2D eigenvalue weighted by Gasteiger charge is -2.12. The molecule has 0 aliphatic heterocycles. The fourth-order valence-corrected chi connectivity index (χ4v) is 2.01. The molecule has 2 rings (SSSR count). The van der Waals surface area contributed by atoms with Gasteiger partial charge in [0.15, 0.2) is 5.82 Å². The summed E-state index contributed by atoms with van der Waals surface area (Å²) in [6.45, 7) is 3.76. The Kier molecular flexibility index (Phi) is 5.36. The second kappa shape index (κ2) is 7.47. The molecule has 7 heteroatoms. The zero-order valence-electron chi connectivity index (χ0n) is 12.5. The average Bonchev–Trinajstić information content (AvgIpc) is 2.99.